The Morgan fingerprint density at radius 2 is 2.05 bits per heavy atom. The standard InChI is InChI=1S/C14H14ClN3S/c1-2-9-6-7-10(19-9)8-18-12-5-3-4-11(15)13(12)17-14(18)16/h3-7H,2,8H2,1H3,(H2,16,17). The van der Waals surface area contributed by atoms with Gasteiger partial charge in [0.05, 0.1) is 17.1 Å². The number of halogens is 1. The summed E-state index contributed by atoms with van der Waals surface area (Å²) in [6.07, 6.45) is 1.07. The molecule has 0 radical (unpaired) electrons. The maximum atomic E-state index is 6.14. The number of nitrogens with zero attached hydrogens (tertiary/aromatic N) is 2. The van der Waals surface area contributed by atoms with E-state index in [9.17, 15) is 0 Å². The molecule has 2 aromatic heterocycles. The zero-order valence-corrected chi connectivity index (χ0v) is 12.1. The predicted octanol–water partition coefficient (Wildman–Crippen LogP) is 3.94. The van der Waals surface area contributed by atoms with Gasteiger partial charge in [0.15, 0.2) is 0 Å². The Balaban J connectivity index is 2.05. The summed E-state index contributed by atoms with van der Waals surface area (Å²) in [5.41, 5.74) is 7.76. The number of thiophene rings is 1. The van der Waals surface area contributed by atoms with Crippen LogP contribution in [0, 0.1) is 0 Å². The van der Waals surface area contributed by atoms with Gasteiger partial charge in [-0.1, -0.05) is 24.6 Å². The van der Waals surface area contributed by atoms with Crippen molar-refractivity contribution in [2.45, 2.75) is 19.9 Å². The maximum absolute atomic E-state index is 6.14. The SMILES string of the molecule is CCc1ccc(Cn2c(N)nc3c(Cl)cccc32)s1. The van der Waals surface area contributed by atoms with Crippen LogP contribution in [0.3, 0.4) is 0 Å². The van der Waals surface area contributed by atoms with E-state index >= 15 is 0 Å². The van der Waals surface area contributed by atoms with Crippen LogP contribution in [0.25, 0.3) is 11.0 Å². The summed E-state index contributed by atoms with van der Waals surface area (Å²) in [6.45, 7) is 2.91. The molecule has 0 aliphatic carbocycles. The van der Waals surface area contributed by atoms with E-state index in [4.69, 9.17) is 17.3 Å². The molecule has 0 spiro atoms. The van der Waals surface area contributed by atoms with Crippen molar-refractivity contribution >= 4 is 39.9 Å². The number of benzene rings is 1. The van der Waals surface area contributed by atoms with Crippen molar-refractivity contribution in [1.29, 1.82) is 0 Å². The molecule has 0 aliphatic heterocycles. The van der Waals surface area contributed by atoms with Gasteiger partial charge >= 0.3 is 0 Å². The smallest absolute Gasteiger partial charge is 0.201 e. The molecule has 5 heteroatoms. The average molecular weight is 292 g/mol. The van der Waals surface area contributed by atoms with Crippen LogP contribution in [-0.4, -0.2) is 9.55 Å². The molecule has 3 rings (SSSR count). The van der Waals surface area contributed by atoms with E-state index in [1.165, 1.54) is 9.75 Å². The minimum Gasteiger partial charge on any atom is -0.369 e. The zero-order chi connectivity index (χ0) is 13.4. The molecule has 98 valence electrons. The number of hydrogen-bond acceptors (Lipinski definition) is 3. The normalized spacial score (nSPS) is 11.3. The van der Waals surface area contributed by atoms with Crippen molar-refractivity contribution in [3.63, 3.8) is 0 Å². The molecule has 0 bridgehead atoms. The van der Waals surface area contributed by atoms with E-state index < -0.39 is 0 Å². The number of aromatic nitrogens is 2. The fourth-order valence-corrected chi connectivity index (χ4v) is 3.31. The minimum absolute atomic E-state index is 0.509. The van der Waals surface area contributed by atoms with Gasteiger partial charge in [-0.2, -0.15) is 0 Å². The highest BCUT2D eigenvalue weighted by molar-refractivity contribution is 7.11. The third-order valence-corrected chi connectivity index (χ3v) is 4.66. The van der Waals surface area contributed by atoms with Gasteiger partial charge in [-0.15, -0.1) is 11.3 Å². The number of anilines is 1. The molecule has 0 fully saturated rings. The van der Waals surface area contributed by atoms with Gasteiger partial charge < -0.3 is 10.3 Å². The van der Waals surface area contributed by atoms with Gasteiger partial charge in [-0.05, 0) is 30.7 Å². The van der Waals surface area contributed by atoms with E-state index in [0.29, 0.717) is 11.0 Å². The lowest BCUT2D eigenvalue weighted by molar-refractivity contribution is 0.853. The highest BCUT2D eigenvalue weighted by Crippen LogP contribution is 2.27. The molecule has 0 unspecified atom stereocenters. The third kappa shape index (κ3) is 2.22. The molecule has 0 saturated carbocycles. The first kappa shape index (κ1) is 12.5. The molecule has 3 aromatic rings. The first-order valence-corrected chi connectivity index (χ1v) is 7.36. The van der Waals surface area contributed by atoms with Gasteiger partial charge in [0.25, 0.3) is 0 Å². The Hall–Kier alpha value is -1.52. The topological polar surface area (TPSA) is 43.8 Å². The van der Waals surface area contributed by atoms with E-state index in [2.05, 4.69) is 24.0 Å². The Labute approximate surface area is 120 Å². The number of hydrogen-bond donors (Lipinski definition) is 1. The van der Waals surface area contributed by atoms with Crippen molar-refractivity contribution in [3.8, 4) is 0 Å². The van der Waals surface area contributed by atoms with Crippen LogP contribution in [0.4, 0.5) is 5.95 Å². The van der Waals surface area contributed by atoms with Crippen molar-refractivity contribution in [3.05, 3.63) is 45.1 Å². The van der Waals surface area contributed by atoms with Crippen LogP contribution in [0.15, 0.2) is 30.3 Å². The second-order valence-electron chi connectivity index (χ2n) is 4.39. The summed E-state index contributed by atoms with van der Waals surface area (Å²) < 4.78 is 2.01. The van der Waals surface area contributed by atoms with Crippen LogP contribution in [-0.2, 0) is 13.0 Å². The Morgan fingerprint density at radius 3 is 2.79 bits per heavy atom. The quantitative estimate of drug-likeness (QED) is 0.794. The number of nitrogens with two attached hydrogens (primary N) is 1. The minimum atomic E-state index is 0.509. The lowest BCUT2D eigenvalue weighted by atomic mass is 10.3. The first-order valence-electron chi connectivity index (χ1n) is 6.17. The number of aryl methyl sites for hydroxylation is 1. The van der Waals surface area contributed by atoms with E-state index in [0.717, 1.165) is 24.0 Å². The number of para-hydroxylation sites is 1. The largest absolute Gasteiger partial charge is 0.369 e. The monoisotopic (exact) mass is 291 g/mol. The number of nitrogen functional groups attached to an aromatic ring is 1. The fourth-order valence-electron chi connectivity index (χ4n) is 2.15. The fraction of sp³-hybridized carbons (Fsp3) is 0.214. The van der Waals surface area contributed by atoms with Crippen LogP contribution in [0.1, 0.15) is 16.7 Å². The molecular formula is C14H14ClN3S. The van der Waals surface area contributed by atoms with Crippen LogP contribution in [0.2, 0.25) is 5.02 Å². The molecular weight excluding hydrogens is 278 g/mol. The summed E-state index contributed by atoms with van der Waals surface area (Å²) in [5, 5.41) is 0.642. The molecule has 19 heavy (non-hydrogen) atoms. The molecule has 3 nitrogen and oxygen atoms in total. The lowest BCUT2D eigenvalue weighted by Crippen LogP contribution is -2.03. The van der Waals surface area contributed by atoms with Crippen LogP contribution < -0.4 is 5.73 Å². The van der Waals surface area contributed by atoms with Crippen molar-refractivity contribution in [1.82, 2.24) is 9.55 Å². The number of imidazole rings is 1. The summed E-state index contributed by atoms with van der Waals surface area (Å²) in [7, 11) is 0. The molecule has 2 heterocycles. The third-order valence-electron chi connectivity index (χ3n) is 3.14. The predicted molar refractivity (Wildman–Crippen MR) is 82.0 cm³/mol. The molecule has 0 aliphatic rings. The van der Waals surface area contributed by atoms with Gasteiger partial charge in [-0.25, -0.2) is 4.98 Å². The second kappa shape index (κ2) is 4.87. The molecule has 0 amide bonds. The highest BCUT2D eigenvalue weighted by atomic mass is 35.5. The molecule has 2 N–H and O–H groups in total. The summed E-state index contributed by atoms with van der Waals surface area (Å²) in [4.78, 5) is 7.01. The van der Waals surface area contributed by atoms with Gasteiger partial charge in [0.2, 0.25) is 5.95 Å². The van der Waals surface area contributed by atoms with Gasteiger partial charge in [-0.3, -0.25) is 0 Å². The number of fused-ring (bicyclic) bond motifs is 1. The highest BCUT2D eigenvalue weighted by Gasteiger charge is 2.11. The van der Waals surface area contributed by atoms with Gasteiger partial charge in [0, 0.05) is 9.75 Å². The zero-order valence-electron chi connectivity index (χ0n) is 10.6. The van der Waals surface area contributed by atoms with E-state index in [1.54, 1.807) is 0 Å². The van der Waals surface area contributed by atoms with Crippen molar-refractivity contribution in [2.24, 2.45) is 0 Å². The Morgan fingerprint density at radius 1 is 1.26 bits per heavy atom. The first-order chi connectivity index (χ1) is 9.19. The van der Waals surface area contributed by atoms with Crippen LogP contribution >= 0.6 is 22.9 Å². The van der Waals surface area contributed by atoms with Crippen molar-refractivity contribution in [2.75, 3.05) is 5.73 Å². The summed E-state index contributed by atoms with van der Waals surface area (Å²) >= 11 is 7.96. The summed E-state index contributed by atoms with van der Waals surface area (Å²) in [6, 6.07) is 10.1. The second-order valence-corrected chi connectivity index (χ2v) is 6.05. The van der Waals surface area contributed by atoms with E-state index in [-0.39, 0.29) is 0 Å². The number of rotatable bonds is 3. The van der Waals surface area contributed by atoms with E-state index in [1.807, 2.05) is 34.1 Å². The molecule has 0 saturated heterocycles. The van der Waals surface area contributed by atoms with Gasteiger partial charge in [0.1, 0.15) is 5.52 Å². The summed E-state index contributed by atoms with van der Waals surface area (Å²) in [5.74, 6) is 0.509. The van der Waals surface area contributed by atoms with Crippen molar-refractivity contribution < 1.29 is 0 Å². The Bertz CT molecular complexity index is 729. The van der Waals surface area contributed by atoms with Crippen LogP contribution in [0.5, 0.6) is 0 Å². The molecule has 0 atom stereocenters. The maximum Gasteiger partial charge on any atom is 0.201 e. The lowest BCUT2D eigenvalue weighted by Gasteiger charge is -2.04. The molecule has 1 aromatic carbocycles. The average Bonchev–Trinajstić information content (AvgIpc) is 2.97. The Kier molecular flexibility index (Phi) is 3.21.